The number of carbonyl (C=O) groups is 1. The van der Waals surface area contributed by atoms with Crippen molar-refractivity contribution in [1.29, 1.82) is 0 Å². The zero-order chi connectivity index (χ0) is 20.3. The van der Waals surface area contributed by atoms with Gasteiger partial charge in [0.1, 0.15) is 22.9 Å². The number of rotatable bonds is 6. The van der Waals surface area contributed by atoms with Crippen molar-refractivity contribution < 1.29 is 19.4 Å². The molecule has 2 aromatic rings. The summed E-state index contributed by atoms with van der Waals surface area (Å²) in [4.78, 5) is 23.2. The summed E-state index contributed by atoms with van der Waals surface area (Å²) in [7, 11) is 0. The molecule has 1 aliphatic heterocycles. The molecule has 2 heterocycles. The number of carboxylic acid groups (broad SMARTS) is 1. The van der Waals surface area contributed by atoms with Crippen LogP contribution < -0.4 is 4.90 Å². The third kappa shape index (κ3) is 4.14. The van der Waals surface area contributed by atoms with Gasteiger partial charge in [-0.3, -0.25) is 4.79 Å². The van der Waals surface area contributed by atoms with Crippen molar-refractivity contribution in [2.75, 3.05) is 18.0 Å². The fraction of sp³-hybridized carbons (Fsp3) is 0.476. The maximum Gasteiger partial charge on any atom is 0.314 e. The smallest absolute Gasteiger partial charge is 0.314 e. The molecule has 150 valence electrons. The van der Waals surface area contributed by atoms with Gasteiger partial charge >= 0.3 is 5.97 Å². The molecule has 0 amide bonds. The van der Waals surface area contributed by atoms with E-state index in [0.29, 0.717) is 24.3 Å². The largest absolute Gasteiger partial charge is 0.481 e. The normalized spacial score (nSPS) is 22.3. The van der Waals surface area contributed by atoms with Gasteiger partial charge in [0.2, 0.25) is 0 Å². The maximum absolute atomic E-state index is 13.6. The lowest BCUT2D eigenvalue weighted by atomic mass is 9.73. The Morgan fingerprint density at radius 1 is 1.36 bits per heavy atom. The summed E-state index contributed by atoms with van der Waals surface area (Å²) < 4.78 is 13.6. The molecule has 1 saturated heterocycles. The van der Waals surface area contributed by atoms with E-state index in [-0.39, 0.29) is 13.0 Å². The van der Waals surface area contributed by atoms with E-state index in [2.05, 4.69) is 16.9 Å². The van der Waals surface area contributed by atoms with E-state index in [1.54, 1.807) is 12.1 Å². The number of piperidine rings is 1. The Labute approximate surface area is 164 Å². The molecule has 0 radical (unpaired) electrons. The van der Waals surface area contributed by atoms with Crippen LogP contribution in [0.2, 0.25) is 0 Å². The second-order valence-electron chi connectivity index (χ2n) is 7.53. The zero-order valence-corrected chi connectivity index (χ0v) is 16.2. The second kappa shape index (κ2) is 8.22. The Balaban J connectivity index is 1.94. The lowest BCUT2D eigenvalue weighted by molar-refractivity contribution is -0.157. The minimum atomic E-state index is -1.43. The third-order valence-electron chi connectivity index (χ3n) is 5.30. The standard InChI is InChI=1S/C21H26FN3O3/c1-3-5-18-23-14(2)10-19(24-18)25-9-8-17(26)21(13-25,20(27)28)12-15-6-4-7-16(22)11-15/h4,6-7,10-11,17,26H,3,5,8-9,12-13H2,1-2H3,(H,27,28)/t17-,21-/m1/s1. The molecule has 3 rings (SSSR count). The van der Waals surface area contributed by atoms with Crippen LogP contribution in [0.25, 0.3) is 0 Å². The average Bonchev–Trinajstić information content (AvgIpc) is 2.63. The number of aliphatic carboxylic acids is 1. The first-order valence-corrected chi connectivity index (χ1v) is 9.59. The van der Waals surface area contributed by atoms with E-state index < -0.39 is 23.3 Å². The molecule has 1 aromatic carbocycles. The molecule has 1 fully saturated rings. The van der Waals surface area contributed by atoms with Gasteiger partial charge in [-0.05, 0) is 43.9 Å². The summed E-state index contributed by atoms with van der Waals surface area (Å²) in [6.07, 6.45) is 0.985. The lowest BCUT2D eigenvalue weighted by Crippen LogP contribution is -2.57. The molecular formula is C21H26FN3O3. The number of nitrogens with zero attached hydrogens (tertiary/aromatic N) is 3. The van der Waals surface area contributed by atoms with Crippen molar-refractivity contribution >= 4 is 11.8 Å². The third-order valence-corrected chi connectivity index (χ3v) is 5.30. The van der Waals surface area contributed by atoms with E-state index in [1.165, 1.54) is 12.1 Å². The highest BCUT2D eigenvalue weighted by atomic mass is 19.1. The minimum absolute atomic E-state index is 0.0453. The van der Waals surface area contributed by atoms with Crippen LogP contribution in [0.4, 0.5) is 10.2 Å². The van der Waals surface area contributed by atoms with Crippen molar-refractivity contribution in [1.82, 2.24) is 9.97 Å². The topological polar surface area (TPSA) is 86.5 Å². The molecule has 28 heavy (non-hydrogen) atoms. The number of benzene rings is 1. The monoisotopic (exact) mass is 387 g/mol. The fourth-order valence-corrected chi connectivity index (χ4v) is 3.86. The first kappa shape index (κ1) is 20.2. The van der Waals surface area contributed by atoms with Gasteiger partial charge in [0.25, 0.3) is 0 Å². The Hall–Kier alpha value is -2.54. The van der Waals surface area contributed by atoms with Crippen molar-refractivity contribution in [2.45, 2.75) is 45.6 Å². The fourth-order valence-electron chi connectivity index (χ4n) is 3.86. The molecule has 7 heteroatoms. The van der Waals surface area contributed by atoms with Crippen LogP contribution in [-0.4, -0.2) is 45.3 Å². The number of anilines is 1. The van der Waals surface area contributed by atoms with E-state index in [9.17, 15) is 19.4 Å². The predicted molar refractivity (Wildman–Crippen MR) is 104 cm³/mol. The first-order valence-electron chi connectivity index (χ1n) is 9.59. The molecule has 0 unspecified atom stereocenters. The number of hydrogen-bond donors (Lipinski definition) is 2. The second-order valence-corrected chi connectivity index (χ2v) is 7.53. The number of aromatic nitrogens is 2. The quantitative estimate of drug-likeness (QED) is 0.793. The number of hydrogen-bond acceptors (Lipinski definition) is 5. The molecule has 0 spiro atoms. The van der Waals surface area contributed by atoms with Gasteiger partial charge in [0.05, 0.1) is 6.10 Å². The van der Waals surface area contributed by atoms with Gasteiger partial charge in [-0.15, -0.1) is 0 Å². The molecule has 2 N–H and O–H groups in total. The van der Waals surface area contributed by atoms with Gasteiger partial charge in [-0.1, -0.05) is 19.1 Å². The molecule has 2 atom stereocenters. The van der Waals surface area contributed by atoms with Gasteiger partial charge in [-0.25, -0.2) is 14.4 Å². The predicted octanol–water partition coefficient (Wildman–Crippen LogP) is 2.76. The van der Waals surface area contributed by atoms with Crippen molar-refractivity contribution in [3.8, 4) is 0 Å². The average molecular weight is 387 g/mol. The number of aliphatic hydroxyl groups is 1. The Morgan fingerprint density at radius 3 is 2.82 bits per heavy atom. The van der Waals surface area contributed by atoms with Crippen molar-refractivity contribution in [2.24, 2.45) is 5.41 Å². The van der Waals surface area contributed by atoms with E-state index in [0.717, 1.165) is 24.4 Å². The van der Waals surface area contributed by atoms with Crippen LogP contribution in [-0.2, 0) is 17.6 Å². The Bertz CT molecular complexity index is 861. The van der Waals surface area contributed by atoms with Crippen LogP contribution in [0.15, 0.2) is 30.3 Å². The first-order chi connectivity index (χ1) is 13.3. The summed E-state index contributed by atoms with van der Waals surface area (Å²) >= 11 is 0. The summed E-state index contributed by atoms with van der Waals surface area (Å²) in [6, 6.07) is 7.72. The molecule has 1 aromatic heterocycles. The molecule has 0 saturated carbocycles. The molecule has 0 aliphatic carbocycles. The van der Waals surface area contributed by atoms with Gasteiger partial charge in [0.15, 0.2) is 0 Å². The highest BCUT2D eigenvalue weighted by molar-refractivity contribution is 5.77. The van der Waals surface area contributed by atoms with E-state index in [1.807, 2.05) is 17.9 Å². The molecule has 1 aliphatic rings. The van der Waals surface area contributed by atoms with Gasteiger partial charge in [0, 0.05) is 31.3 Å². The van der Waals surface area contributed by atoms with Gasteiger partial charge < -0.3 is 15.1 Å². The SMILES string of the molecule is CCCc1nc(C)cc(N2CC[C@@H](O)[C@](Cc3cccc(F)c3)(C(=O)O)C2)n1. The molecule has 6 nitrogen and oxygen atoms in total. The Kier molecular flexibility index (Phi) is 5.93. The van der Waals surface area contributed by atoms with Crippen molar-refractivity contribution in [3.05, 3.63) is 53.2 Å². The number of aliphatic hydroxyl groups excluding tert-OH is 1. The number of carboxylic acids is 1. The van der Waals surface area contributed by atoms with Crippen LogP contribution in [0.3, 0.4) is 0 Å². The minimum Gasteiger partial charge on any atom is -0.481 e. The number of halogens is 1. The summed E-state index contributed by atoms with van der Waals surface area (Å²) in [5, 5.41) is 20.7. The van der Waals surface area contributed by atoms with Crippen LogP contribution in [0.5, 0.6) is 0 Å². The van der Waals surface area contributed by atoms with E-state index >= 15 is 0 Å². The van der Waals surface area contributed by atoms with Gasteiger partial charge in [-0.2, -0.15) is 0 Å². The summed E-state index contributed by atoms with van der Waals surface area (Å²) in [5.41, 5.74) is -0.0602. The van der Waals surface area contributed by atoms with Crippen molar-refractivity contribution in [3.63, 3.8) is 0 Å². The lowest BCUT2D eigenvalue weighted by Gasteiger charge is -2.44. The summed E-state index contributed by atoms with van der Waals surface area (Å²) in [6.45, 7) is 4.54. The Morgan fingerprint density at radius 2 is 2.14 bits per heavy atom. The molecular weight excluding hydrogens is 361 g/mol. The van der Waals surface area contributed by atoms with Crippen LogP contribution >= 0.6 is 0 Å². The molecule has 0 bridgehead atoms. The van der Waals surface area contributed by atoms with Crippen LogP contribution in [0.1, 0.15) is 36.8 Å². The summed E-state index contributed by atoms with van der Waals surface area (Å²) in [5.74, 6) is -0.105. The van der Waals surface area contributed by atoms with E-state index in [4.69, 9.17) is 0 Å². The highest BCUT2D eigenvalue weighted by Gasteiger charge is 2.49. The zero-order valence-electron chi connectivity index (χ0n) is 16.2. The number of aryl methyl sites for hydroxylation is 2. The maximum atomic E-state index is 13.6. The highest BCUT2D eigenvalue weighted by Crippen LogP contribution is 2.36. The van der Waals surface area contributed by atoms with Crippen LogP contribution in [0, 0.1) is 18.2 Å².